The van der Waals surface area contributed by atoms with E-state index in [9.17, 15) is 13.2 Å². The van der Waals surface area contributed by atoms with Crippen molar-refractivity contribution in [2.45, 2.75) is 12.6 Å². The molecule has 0 radical (unpaired) electrons. The lowest BCUT2D eigenvalue weighted by Gasteiger charge is -2.36. The Kier molecular flexibility index (Phi) is 5.40. The highest BCUT2D eigenvalue weighted by molar-refractivity contribution is 5.50. The summed E-state index contributed by atoms with van der Waals surface area (Å²) in [6.45, 7) is 5.66. The summed E-state index contributed by atoms with van der Waals surface area (Å²) in [4.78, 5) is 14.8. The Morgan fingerprint density at radius 1 is 0.917 bits per heavy atom. The smallest absolute Gasteiger partial charge is 0.378 e. The first kappa shape index (κ1) is 17.2. The third-order valence-electron chi connectivity index (χ3n) is 4.38. The zero-order valence-corrected chi connectivity index (χ0v) is 13.5. The molecule has 2 aliphatic rings. The molecule has 134 valence electrons. The first-order chi connectivity index (χ1) is 11.5. The molecule has 0 saturated carbocycles. The highest BCUT2D eigenvalue weighted by Crippen LogP contribution is 2.22. The van der Waals surface area contributed by atoms with Gasteiger partial charge in [0, 0.05) is 51.9 Å². The lowest BCUT2D eigenvalue weighted by Crippen LogP contribution is -2.47. The van der Waals surface area contributed by atoms with Gasteiger partial charge in [-0.3, -0.25) is 4.90 Å². The second-order valence-electron chi connectivity index (χ2n) is 6.03. The van der Waals surface area contributed by atoms with Gasteiger partial charge in [-0.25, -0.2) is 9.97 Å². The monoisotopic (exact) mass is 345 g/mol. The zero-order chi connectivity index (χ0) is 17.0. The Morgan fingerprint density at radius 3 is 2.08 bits per heavy atom. The average Bonchev–Trinajstić information content (AvgIpc) is 2.61. The number of morpholine rings is 1. The number of ether oxygens (including phenoxy) is 1. The predicted octanol–water partition coefficient (Wildman–Crippen LogP) is 1.39. The Labute approximate surface area is 139 Å². The highest BCUT2D eigenvalue weighted by atomic mass is 19.4. The second-order valence-corrected chi connectivity index (χ2v) is 6.03. The minimum absolute atomic E-state index is 0.0696. The molecule has 0 aliphatic carbocycles. The Hall–Kier alpha value is -1.61. The van der Waals surface area contributed by atoms with Crippen LogP contribution in [0.15, 0.2) is 12.4 Å². The van der Waals surface area contributed by atoms with Gasteiger partial charge in [-0.15, -0.1) is 0 Å². The minimum Gasteiger partial charge on any atom is -0.378 e. The quantitative estimate of drug-likeness (QED) is 0.822. The molecule has 0 aromatic carbocycles. The third-order valence-corrected chi connectivity index (χ3v) is 4.38. The SMILES string of the molecule is FC(F)(F)CCN1CCN(c2cc(N3CCOCC3)ncn2)CC1. The molecular formula is C15H22F3N5O. The van der Waals surface area contributed by atoms with Crippen LogP contribution in [0.1, 0.15) is 6.42 Å². The number of anilines is 2. The number of halogens is 3. The van der Waals surface area contributed by atoms with Crippen LogP contribution in [0, 0.1) is 0 Å². The normalized spacial score (nSPS) is 20.5. The molecule has 9 heteroatoms. The highest BCUT2D eigenvalue weighted by Gasteiger charge is 2.29. The van der Waals surface area contributed by atoms with Crippen molar-refractivity contribution in [3.05, 3.63) is 12.4 Å². The molecule has 1 aromatic rings. The van der Waals surface area contributed by atoms with Gasteiger partial charge in [-0.2, -0.15) is 13.2 Å². The number of alkyl halides is 3. The maximum absolute atomic E-state index is 12.3. The van der Waals surface area contributed by atoms with Crippen molar-refractivity contribution >= 4 is 11.6 Å². The molecule has 2 aliphatic heterocycles. The summed E-state index contributed by atoms with van der Waals surface area (Å²) in [7, 11) is 0. The molecule has 0 amide bonds. The van der Waals surface area contributed by atoms with Crippen molar-refractivity contribution in [2.75, 3.05) is 68.8 Å². The molecule has 0 atom stereocenters. The van der Waals surface area contributed by atoms with Crippen LogP contribution in [0.5, 0.6) is 0 Å². The Morgan fingerprint density at radius 2 is 1.50 bits per heavy atom. The molecule has 1 aromatic heterocycles. The summed E-state index contributed by atoms with van der Waals surface area (Å²) in [6.07, 6.45) is -3.28. The zero-order valence-electron chi connectivity index (χ0n) is 13.5. The lowest BCUT2D eigenvalue weighted by molar-refractivity contribution is -0.138. The van der Waals surface area contributed by atoms with Gasteiger partial charge < -0.3 is 14.5 Å². The fourth-order valence-electron chi connectivity index (χ4n) is 2.96. The van der Waals surface area contributed by atoms with E-state index in [0.29, 0.717) is 39.4 Å². The molecule has 2 fully saturated rings. The fraction of sp³-hybridized carbons (Fsp3) is 0.733. The minimum atomic E-state index is -4.09. The molecular weight excluding hydrogens is 323 g/mol. The van der Waals surface area contributed by atoms with Gasteiger partial charge in [-0.1, -0.05) is 0 Å². The standard InChI is InChI=1S/C15H22F3N5O/c16-15(17,18)1-2-21-3-5-22(6-4-21)13-11-14(20-12-19-13)23-7-9-24-10-8-23/h11-12H,1-10H2. The van der Waals surface area contributed by atoms with Gasteiger partial charge >= 0.3 is 6.18 Å². The van der Waals surface area contributed by atoms with Gasteiger partial charge in [0.25, 0.3) is 0 Å². The second kappa shape index (κ2) is 7.52. The summed E-state index contributed by atoms with van der Waals surface area (Å²) < 4.78 is 42.3. The average molecular weight is 345 g/mol. The van der Waals surface area contributed by atoms with Gasteiger partial charge in [0.2, 0.25) is 0 Å². The van der Waals surface area contributed by atoms with E-state index in [1.54, 1.807) is 6.33 Å². The fourth-order valence-corrected chi connectivity index (χ4v) is 2.96. The van der Waals surface area contributed by atoms with Crippen molar-refractivity contribution in [2.24, 2.45) is 0 Å². The summed E-state index contributed by atoms with van der Waals surface area (Å²) in [5, 5.41) is 0. The van der Waals surface area contributed by atoms with Crippen molar-refractivity contribution in [3.8, 4) is 0 Å². The summed E-state index contributed by atoms with van der Waals surface area (Å²) in [5.74, 6) is 1.71. The molecule has 24 heavy (non-hydrogen) atoms. The predicted molar refractivity (Wildman–Crippen MR) is 84.4 cm³/mol. The number of rotatable bonds is 4. The van der Waals surface area contributed by atoms with Crippen molar-refractivity contribution in [3.63, 3.8) is 0 Å². The van der Waals surface area contributed by atoms with E-state index in [-0.39, 0.29) is 6.54 Å². The van der Waals surface area contributed by atoms with Crippen LogP contribution in [0.25, 0.3) is 0 Å². The Bertz CT molecular complexity index is 528. The van der Waals surface area contributed by atoms with E-state index in [0.717, 1.165) is 24.7 Å². The topological polar surface area (TPSA) is 44.7 Å². The maximum Gasteiger partial charge on any atom is 0.390 e. The van der Waals surface area contributed by atoms with E-state index >= 15 is 0 Å². The number of hydrogen-bond acceptors (Lipinski definition) is 6. The Balaban J connectivity index is 1.54. The van der Waals surface area contributed by atoms with E-state index in [4.69, 9.17) is 4.74 Å². The molecule has 3 heterocycles. The van der Waals surface area contributed by atoms with Crippen LogP contribution in [-0.4, -0.2) is 80.1 Å². The lowest BCUT2D eigenvalue weighted by atomic mass is 10.2. The number of aromatic nitrogens is 2. The number of nitrogens with zero attached hydrogens (tertiary/aromatic N) is 5. The van der Waals surface area contributed by atoms with Crippen LogP contribution < -0.4 is 9.80 Å². The number of piperazine rings is 1. The van der Waals surface area contributed by atoms with Gasteiger partial charge in [0.15, 0.2) is 0 Å². The molecule has 0 bridgehead atoms. The van der Waals surface area contributed by atoms with Crippen LogP contribution in [0.3, 0.4) is 0 Å². The third kappa shape index (κ3) is 4.70. The van der Waals surface area contributed by atoms with Crippen molar-refractivity contribution in [1.29, 1.82) is 0 Å². The van der Waals surface area contributed by atoms with Crippen LogP contribution in [0.2, 0.25) is 0 Å². The number of hydrogen-bond donors (Lipinski definition) is 0. The van der Waals surface area contributed by atoms with Gasteiger partial charge in [0.1, 0.15) is 18.0 Å². The van der Waals surface area contributed by atoms with Crippen LogP contribution in [-0.2, 0) is 4.74 Å². The summed E-state index contributed by atoms with van der Waals surface area (Å²) in [5.41, 5.74) is 0. The summed E-state index contributed by atoms with van der Waals surface area (Å²) in [6, 6.07) is 1.96. The molecule has 0 spiro atoms. The van der Waals surface area contributed by atoms with Gasteiger partial charge in [0.05, 0.1) is 19.6 Å². The first-order valence-corrected chi connectivity index (χ1v) is 8.20. The molecule has 0 N–H and O–H groups in total. The first-order valence-electron chi connectivity index (χ1n) is 8.20. The van der Waals surface area contributed by atoms with Crippen molar-refractivity contribution < 1.29 is 17.9 Å². The molecule has 6 nitrogen and oxygen atoms in total. The van der Waals surface area contributed by atoms with Crippen LogP contribution in [0.4, 0.5) is 24.8 Å². The van der Waals surface area contributed by atoms with E-state index in [2.05, 4.69) is 19.8 Å². The van der Waals surface area contributed by atoms with Gasteiger partial charge in [-0.05, 0) is 0 Å². The van der Waals surface area contributed by atoms with E-state index < -0.39 is 12.6 Å². The molecule has 2 saturated heterocycles. The van der Waals surface area contributed by atoms with E-state index in [1.807, 2.05) is 11.0 Å². The van der Waals surface area contributed by atoms with Crippen molar-refractivity contribution in [1.82, 2.24) is 14.9 Å². The molecule has 3 rings (SSSR count). The maximum atomic E-state index is 12.3. The van der Waals surface area contributed by atoms with E-state index in [1.165, 1.54) is 0 Å². The van der Waals surface area contributed by atoms with Crippen LogP contribution >= 0.6 is 0 Å². The summed E-state index contributed by atoms with van der Waals surface area (Å²) >= 11 is 0. The largest absolute Gasteiger partial charge is 0.390 e. The molecule has 0 unspecified atom stereocenters.